The van der Waals surface area contributed by atoms with Crippen molar-refractivity contribution in [1.82, 2.24) is 5.32 Å². The van der Waals surface area contributed by atoms with Crippen molar-refractivity contribution in [1.29, 1.82) is 5.41 Å². The molecule has 0 atom stereocenters. The fraction of sp³-hybridized carbons (Fsp3) is 0.429. The van der Waals surface area contributed by atoms with Crippen LogP contribution in [0.4, 0.5) is 5.69 Å². The predicted molar refractivity (Wildman–Crippen MR) is 84.3 cm³/mol. The van der Waals surface area contributed by atoms with Crippen molar-refractivity contribution in [2.75, 3.05) is 18.1 Å². The zero-order valence-electron chi connectivity index (χ0n) is 12.2. The number of nitrogens with two attached hydrogens (primary N) is 1. The van der Waals surface area contributed by atoms with E-state index in [0.717, 1.165) is 10.6 Å². The van der Waals surface area contributed by atoms with E-state index in [4.69, 9.17) is 15.9 Å². The second-order valence-electron chi connectivity index (χ2n) is 5.69. The number of rotatable bonds is 2. The smallest absolute Gasteiger partial charge is 0.265 e. The molecule has 1 aromatic heterocycles. The van der Waals surface area contributed by atoms with Crippen LogP contribution >= 0.6 is 11.3 Å². The maximum atomic E-state index is 12.3. The van der Waals surface area contributed by atoms with Crippen LogP contribution in [0.3, 0.4) is 0 Å². The molecule has 1 aromatic rings. The van der Waals surface area contributed by atoms with Gasteiger partial charge in [-0.25, -0.2) is 0 Å². The summed E-state index contributed by atoms with van der Waals surface area (Å²) in [5, 5.41) is 10.6. The van der Waals surface area contributed by atoms with Crippen LogP contribution < -0.4 is 20.7 Å². The minimum atomic E-state index is -0.451. The Hall–Kier alpha value is -2.02. The van der Waals surface area contributed by atoms with Gasteiger partial charge in [0.1, 0.15) is 22.8 Å². The molecule has 0 aliphatic carbocycles. The molecule has 0 radical (unpaired) electrons. The van der Waals surface area contributed by atoms with E-state index in [1.54, 1.807) is 6.92 Å². The number of ether oxygens (including phenoxy) is 1. The fourth-order valence-electron chi connectivity index (χ4n) is 2.79. The molecule has 112 valence electrons. The van der Waals surface area contributed by atoms with Crippen molar-refractivity contribution in [2.24, 2.45) is 5.73 Å². The van der Waals surface area contributed by atoms with Gasteiger partial charge in [0.05, 0.1) is 11.4 Å². The topological polar surface area (TPSA) is 91.4 Å². The summed E-state index contributed by atoms with van der Waals surface area (Å²) < 4.78 is 5.81. The molecule has 0 spiro atoms. The van der Waals surface area contributed by atoms with Gasteiger partial charge in [-0.15, -0.1) is 11.3 Å². The van der Waals surface area contributed by atoms with Crippen LogP contribution in [0.2, 0.25) is 0 Å². The highest BCUT2D eigenvalue weighted by Crippen LogP contribution is 2.50. The van der Waals surface area contributed by atoms with Gasteiger partial charge in [-0.2, -0.15) is 0 Å². The molecular formula is C14H18N4O2S. The van der Waals surface area contributed by atoms with Gasteiger partial charge in [0.25, 0.3) is 5.91 Å². The van der Waals surface area contributed by atoms with Crippen LogP contribution in [-0.2, 0) is 0 Å². The maximum absolute atomic E-state index is 12.3. The number of hydrogen-bond acceptors (Lipinski definition) is 6. The number of anilines is 1. The molecule has 3 heterocycles. The van der Waals surface area contributed by atoms with Crippen molar-refractivity contribution in [3.63, 3.8) is 0 Å². The monoisotopic (exact) mass is 306 g/mol. The standard InChI is InChI=1S/C14H18N4O2S/c1-7(16)8(6-15)11-10-9-12(21-11)13(19)17-14(2,3)18(9)4-5-20-10/h6,15H,4-5,16H2,1-3H3,(H,17,19)/b8-7+,15-6?. The average molecular weight is 306 g/mol. The molecule has 0 saturated heterocycles. The molecule has 21 heavy (non-hydrogen) atoms. The Morgan fingerprint density at radius 1 is 1.57 bits per heavy atom. The summed E-state index contributed by atoms with van der Waals surface area (Å²) in [5.74, 6) is 0.570. The summed E-state index contributed by atoms with van der Waals surface area (Å²) in [4.78, 5) is 15.9. The quantitative estimate of drug-likeness (QED) is 0.726. The number of amides is 1. The summed E-state index contributed by atoms with van der Waals surface area (Å²) in [6.45, 7) is 6.96. The SMILES string of the molecule is C/C(N)=C(/C=N)c1sc2c3c1OCCN3C(C)(C)NC2=O. The Labute approximate surface area is 127 Å². The first kappa shape index (κ1) is 13.9. The molecule has 0 aromatic carbocycles. The Morgan fingerprint density at radius 3 is 2.90 bits per heavy atom. The first-order chi connectivity index (χ1) is 9.86. The number of carbonyl (C=O) groups is 1. The van der Waals surface area contributed by atoms with E-state index < -0.39 is 5.66 Å². The van der Waals surface area contributed by atoms with Gasteiger partial charge in [0.2, 0.25) is 0 Å². The largest absolute Gasteiger partial charge is 0.488 e. The highest BCUT2D eigenvalue weighted by atomic mass is 32.1. The van der Waals surface area contributed by atoms with Crippen LogP contribution in [0.1, 0.15) is 35.3 Å². The van der Waals surface area contributed by atoms with Crippen LogP contribution in [-0.4, -0.2) is 30.9 Å². The number of carbonyl (C=O) groups excluding carboxylic acids is 1. The summed E-state index contributed by atoms with van der Waals surface area (Å²) in [5.41, 5.74) is 7.39. The van der Waals surface area contributed by atoms with Gasteiger partial charge >= 0.3 is 0 Å². The second kappa shape index (κ2) is 4.49. The van der Waals surface area contributed by atoms with Crippen molar-refractivity contribution >= 4 is 34.7 Å². The lowest BCUT2D eigenvalue weighted by molar-refractivity contribution is 0.0895. The van der Waals surface area contributed by atoms with Gasteiger partial charge < -0.3 is 26.1 Å². The summed E-state index contributed by atoms with van der Waals surface area (Å²) in [7, 11) is 0. The normalized spacial score (nSPS) is 20.1. The first-order valence-electron chi connectivity index (χ1n) is 6.73. The lowest BCUT2D eigenvalue weighted by atomic mass is 10.0. The average Bonchev–Trinajstić information content (AvgIpc) is 2.77. The third-order valence-corrected chi connectivity index (χ3v) is 4.98. The van der Waals surface area contributed by atoms with Gasteiger partial charge in [0.15, 0.2) is 5.75 Å². The molecule has 2 aliphatic heterocycles. The molecule has 6 nitrogen and oxygen atoms in total. The van der Waals surface area contributed by atoms with Crippen molar-refractivity contribution in [3.05, 3.63) is 15.5 Å². The molecule has 0 saturated carbocycles. The lowest BCUT2D eigenvalue weighted by Gasteiger charge is -2.45. The number of nitrogens with one attached hydrogen (secondary N) is 2. The Balaban J connectivity index is 2.27. The van der Waals surface area contributed by atoms with Gasteiger partial charge in [-0.1, -0.05) is 0 Å². The van der Waals surface area contributed by atoms with E-state index in [-0.39, 0.29) is 5.91 Å². The van der Waals surface area contributed by atoms with E-state index in [1.165, 1.54) is 17.6 Å². The van der Waals surface area contributed by atoms with Crippen molar-refractivity contribution in [2.45, 2.75) is 26.4 Å². The van der Waals surface area contributed by atoms with Gasteiger partial charge in [-0.3, -0.25) is 4.79 Å². The molecule has 7 heteroatoms. The van der Waals surface area contributed by atoms with E-state index in [2.05, 4.69) is 10.2 Å². The summed E-state index contributed by atoms with van der Waals surface area (Å²) in [6.07, 6.45) is 1.22. The van der Waals surface area contributed by atoms with Crippen LogP contribution in [0.25, 0.3) is 5.57 Å². The van der Waals surface area contributed by atoms with Crippen LogP contribution in [0.5, 0.6) is 5.75 Å². The highest BCUT2D eigenvalue weighted by Gasteiger charge is 2.43. The molecule has 2 aliphatic rings. The molecule has 1 amide bonds. The molecule has 4 N–H and O–H groups in total. The molecule has 0 fully saturated rings. The molecular weight excluding hydrogens is 288 g/mol. The first-order valence-corrected chi connectivity index (χ1v) is 7.55. The minimum absolute atomic E-state index is 0.103. The zero-order valence-corrected chi connectivity index (χ0v) is 13.1. The van der Waals surface area contributed by atoms with Crippen molar-refractivity contribution < 1.29 is 9.53 Å². The number of allylic oxidation sites excluding steroid dienone is 2. The second-order valence-corrected chi connectivity index (χ2v) is 6.71. The van der Waals surface area contributed by atoms with Crippen LogP contribution in [0.15, 0.2) is 5.70 Å². The molecule has 0 unspecified atom stereocenters. The Kier molecular flexibility index (Phi) is 2.98. The lowest BCUT2D eigenvalue weighted by Crippen LogP contribution is -2.61. The van der Waals surface area contributed by atoms with Gasteiger partial charge in [0, 0.05) is 17.5 Å². The third-order valence-electron chi connectivity index (χ3n) is 3.79. The number of thiophene rings is 1. The molecule has 0 bridgehead atoms. The van der Waals surface area contributed by atoms with Gasteiger partial charge in [-0.05, 0) is 20.8 Å². The van der Waals surface area contributed by atoms with Crippen LogP contribution in [0, 0.1) is 5.41 Å². The molecule has 3 rings (SSSR count). The Bertz CT molecular complexity index is 671. The number of nitrogens with zero attached hydrogens (tertiary/aromatic N) is 1. The van der Waals surface area contributed by atoms with Crippen molar-refractivity contribution in [3.8, 4) is 5.75 Å². The predicted octanol–water partition coefficient (Wildman–Crippen LogP) is 1.77. The van der Waals surface area contributed by atoms with E-state index in [9.17, 15) is 4.79 Å². The number of hydrogen-bond donors (Lipinski definition) is 3. The van der Waals surface area contributed by atoms with E-state index in [1.807, 2.05) is 13.8 Å². The zero-order chi connectivity index (χ0) is 15.4. The minimum Gasteiger partial charge on any atom is -0.488 e. The highest BCUT2D eigenvalue weighted by molar-refractivity contribution is 7.16. The fourth-order valence-corrected chi connectivity index (χ4v) is 4.01. The van der Waals surface area contributed by atoms with E-state index in [0.29, 0.717) is 35.0 Å². The van der Waals surface area contributed by atoms with E-state index >= 15 is 0 Å². The Morgan fingerprint density at radius 2 is 2.29 bits per heavy atom. The summed E-state index contributed by atoms with van der Waals surface area (Å²) >= 11 is 1.33. The maximum Gasteiger partial charge on any atom is 0.265 e. The third kappa shape index (κ3) is 1.91. The summed E-state index contributed by atoms with van der Waals surface area (Å²) in [6, 6.07) is 0.